The number of pyridine rings is 1. The fourth-order valence-electron chi connectivity index (χ4n) is 5.86. The van der Waals surface area contributed by atoms with Gasteiger partial charge in [0.1, 0.15) is 11.8 Å². The lowest BCUT2D eigenvalue weighted by Gasteiger charge is -2.30. The first kappa shape index (κ1) is 31.2. The number of fused-ring (bicyclic) bond motifs is 2. The van der Waals surface area contributed by atoms with Gasteiger partial charge < -0.3 is 20.1 Å². The van der Waals surface area contributed by atoms with E-state index in [2.05, 4.69) is 23.1 Å². The zero-order chi connectivity index (χ0) is 30.4. The van der Waals surface area contributed by atoms with Crippen molar-refractivity contribution in [1.82, 2.24) is 9.88 Å². The number of likely N-dealkylation sites (tertiary alicyclic amines) is 1. The Morgan fingerprint density at radius 1 is 1.02 bits per heavy atom. The molecule has 228 valence electrons. The number of carbonyl (C=O) groups excluding carboxylic acids is 1. The number of hydrogen-bond donors (Lipinski definition) is 1. The quantitative estimate of drug-likeness (QED) is 0.218. The molecule has 5 rings (SSSR count). The maximum atomic E-state index is 12.2. The lowest BCUT2D eigenvalue weighted by Crippen LogP contribution is -2.36. The summed E-state index contributed by atoms with van der Waals surface area (Å²) in [6.07, 6.45) is 7.38. The zero-order valence-corrected chi connectivity index (χ0v) is 26.5. The number of benzene rings is 2. The van der Waals surface area contributed by atoms with Gasteiger partial charge in [-0.1, -0.05) is 62.2 Å². The maximum absolute atomic E-state index is 12.2. The van der Waals surface area contributed by atoms with Crippen LogP contribution in [0.15, 0.2) is 66.4 Å². The summed E-state index contributed by atoms with van der Waals surface area (Å²) in [5, 5.41) is 0.799. The number of aryl methyl sites for hydroxylation is 2. The summed E-state index contributed by atoms with van der Waals surface area (Å²) in [6, 6.07) is 17.8. The number of piperidine rings is 1. The van der Waals surface area contributed by atoms with Gasteiger partial charge in [0.15, 0.2) is 0 Å². The van der Waals surface area contributed by atoms with E-state index in [1.165, 1.54) is 27.8 Å². The summed E-state index contributed by atoms with van der Waals surface area (Å²) in [5.74, 6) is 0.471. The predicted octanol–water partition coefficient (Wildman–Crippen LogP) is 6.66. The molecule has 1 aliphatic carbocycles. The molecule has 1 fully saturated rings. The van der Waals surface area contributed by atoms with Gasteiger partial charge in [-0.15, -0.1) is 0 Å². The largest absolute Gasteiger partial charge is 0.494 e. The van der Waals surface area contributed by atoms with E-state index in [0.717, 1.165) is 73.8 Å². The number of aromatic nitrogens is 1. The molecule has 0 saturated carbocycles. The van der Waals surface area contributed by atoms with Gasteiger partial charge in [0.25, 0.3) is 0 Å². The second kappa shape index (κ2) is 14.1. The van der Waals surface area contributed by atoms with Crippen LogP contribution in [0.1, 0.15) is 68.0 Å². The lowest BCUT2D eigenvalue weighted by molar-refractivity contribution is -0.147. The number of nitrogens with zero attached hydrogens (tertiary/aromatic N) is 2. The van der Waals surface area contributed by atoms with Gasteiger partial charge >= 0.3 is 5.97 Å². The smallest absolute Gasteiger partial charge is 0.323 e. The van der Waals surface area contributed by atoms with Crippen LogP contribution in [-0.2, 0) is 28.8 Å². The van der Waals surface area contributed by atoms with Crippen LogP contribution in [0.5, 0.6) is 5.75 Å². The second-order valence-corrected chi connectivity index (χ2v) is 13.4. The zero-order valence-electron chi connectivity index (χ0n) is 25.7. The topological polar surface area (TPSA) is 77.7 Å². The monoisotopic (exact) mass is 601 g/mol. The van der Waals surface area contributed by atoms with Gasteiger partial charge in [-0.3, -0.25) is 9.78 Å². The molecule has 0 spiro atoms. The third-order valence-corrected chi connectivity index (χ3v) is 8.39. The Morgan fingerprint density at radius 3 is 2.51 bits per heavy atom. The van der Waals surface area contributed by atoms with Crippen molar-refractivity contribution >= 4 is 23.1 Å². The van der Waals surface area contributed by atoms with Crippen LogP contribution in [-0.4, -0.2) is 54.7 Å². The van der Waals surface area contributed by atoms with Gasteiger partial charge in [0, 0.05) is 36.4 Å². The first-order valence-electron chi connectivity index (χ1n) is 15.5. The van der Waals surface area contributed by atoms with Gasteiger partial charge in [-0.25, -0.2) is 0 Å². The van der Waals surface area contributed by atoms with Crippen LogP contribution in [0.2, 0.25) is 5.02 Å². The van der Waals surface area contributed by atoms with E-state index in [9.17, 15) is 4.79 Å². The van der Waals surface area contributed by atoms with E-state index in [0.29, 0.717) is 19.6 Å². The third-order valence-electron chi connectivity index (χ3n) is 8.16. The average Bonchev–Trinajstić information content (AvgIpc) is 3.15. The Balaban J connectivity index is 1.10. The van der Waals surface area contributed by atoms with Crippen LogP contribution < -0.4 is 10.5 Å². The number of halogens is 1. The first-order chi connectivity index (χ1) is 20.7. The molecular formula is C36H44ClN3O3. The highest BCUT2D eigenvalue weighted by atomic mass is 35.5. The van der Waals surface area contributed by atoms with Crippen LogP contribution in [0.3, 0.4) is 0 Å². The fraction of sp³-hybridized carbons (Fsp3) is 0.444. The van der Waals surface area contributed by atoms with Crippen molar-refractivity contribution in [1.29, 1.82) is 0 Å². The molecule has 3 aromatic rings. The first-order valence-corrected chi connectivity index (χ1v) is 15.9. The summed E-state index contributed by atoms with van der Waals surface area (Å²) in [6.45, 7) is 10.2. The fourth-order valence-corrected chi connectivity index (χ4v) is 6.06. The molecule has 0 bridgehead atoms. The van der Waals surface area contributed by atoms with E-state index in [1.54, 1.807) is 0 Å². The molecule has 6 nitrogen and oxygen atoms in total. The molecule has 43 heavy (non-hydrogen) atoms. The molecule has 7 heteroatoms. The maximum Gasteiger partial charge on any atom is 0.323 e. The predicted molar refractivity (Wildman–Crippen MR) is 173 cm³/mol. The Labute approximate surface area is 261 Å². The van der Waals surface area contributed by atoms with E-state index in [1.807, 2.05) is 63.4 Å². The van der Waals surface area contributed by atoms with Crippen molar-refractivity contribution in [2.75, 3.05) is 32.8 Å². The van der Waals surface area contributed by atoms with Crippen LogP contribution in [0, 0.1) is 5.41 Å². The highest BCUT2D eigenvalue weighted by Gasteiger charge is 2.25. The van der Waals surface area contributed by atoms with Crippen molar-refractivity contribution < 1.29 is 14.3 Å². The van der Waals surface area contributed by atoms with E-state index in [4.69, 9.17) is 31.8 Å². The highest BCUT2D eigenvalue weighted by molar-refractivity contribution is 6.30. The molecule has 0 radical (unpaired) electrons. The molecule has 0 amide bonds. The summed E-state index contributed by atoms with van der Waals surface area (Å²) in [5.41, 5.74) is 14.9. The molecule has 2 N–H and O–H groups in total. The van der Waals surface area contributed by atoms with Gasteiger partial charge in [0.05, 0.1) is 18.9 Å². The van der Waals surface area contributed by atoms with Gasteiger partial charge in [-0.2, -0.15) is 0 Å². The molecule has 1 aliphatic heterocycles. The number of esters is 1. The SMILES string of the molecule is CC(C)(C)COC(=O)[C@@H](N)Cc1ccc(OCCCN2CCC(=C3c4ccc(Cl)cc4CCc4cccnc43)CC2)cc1. The normalized spacial score (nSPS) is 16.2. The standard InChI is InChI=1S/C36H44ClN3O3/c1-36(2,3)24-43-35(41)32(38)22-25-7-12-30(13-8-25)42-21-5-18-40-19-15-26(16-20-40)33-31-14-11-29(37)23-28(31)10-9-27-6-4-17-39-34(27)33/h4,6-8,11-14,17,23,32H,5,9-10,15-16,18-22,24,38H2,1-3H3/t32-/m0/s1. The van der Waals surface area contributed by atoms with Gasteiger partial charge in [0.2, 0.25) is 0 Å². The van der Waals surface area contributed by atoms with Crippen molar-refractivity contribution in [3.8, 4) is 5.75 Å². The van der Waals surface area contributed by atoms with Crippen molar-refractivity contribution in [3.05, 3.63) is 99.3 Å². The van der Waals surface area contributed by atoms with Crippen molar-refractivity contribution in [2.24, 2.45) is 11.1 Å². The van der Waals surface area contributed by atoms with E-state index < -0.39 is 6.04 Å². The Hall–Kier alpha value is -3.19. The Bertz CT molecular complexity index is 1430. The van der Waals surface area contributed by atoms with Crippen LogP contribution in [0.4, 0.5) is 0 Å². The third kappa shape index (κ3) is 8.47. The molecule has 0 unspecified atom stereocenters. The second-order valence-electron chi connectivity index (χ2n) is 13.0. The number of ether oxygens (including phenoxy) is 2. The summed E-state index contributed by atoms with van der Waals surface area (Å²) >= 11 is 6.38. The minimum atomic E-state index is -0.670. The molecule has 2 aromatic carbocycles. The Morgan fingerprint density at radius 2 is 1.77 bits per heavy atom. The summed E-state index contributed by atoms with van der Waals surface area (Å²) < 4.78 is 11.4. The van der Waals surface area contributed by atoms with Gasteiger partial charge in [-0.05, 0) is 96.5 Å². The van der Waals surface area contributed by atoms with Crippen molar-refractivity contribution in [2.45, 2.75) is 65.3 Å². The molecule has 2 aliphatic rings. The minimum Gasteiger partial charge on any atom is -0.494 e. The average molecular weight is 602 g/mol. The van der Waals surface area contributed by atoms with E-state index in [-0.39, 0.29) is 11.4 Å². The number of carbonyl (C=O) groups is 1. The molecule has 2 heterocycles. The number of rotatable bonds is 9. The molecule has 1 saturated heterocycles. The van der Waals surface area contributed by atoms with Crippen LogP contribution in [0.25, 0.3) is 5.57 Å². The summed E-state index contributed by atoms with van der Waals surface area (Å²) in [4.78, 5) is 19.6. The molecule has 1 aromatic heterocycles. The number of nitrogens with two attached hydrogens (primary N) is 1. The van der Waals surface area contributed by atoms with Crippen LogP contribution >= 0.6 is 11.6 Å². The lowest BCUT2D eigenvalue weighted by atomic mass is 9.88. The molecular weight excluding hydrogens is 558 g/mol. The van der Waals surface area contributed by atoms with E-state index >= 15 is 0 Å². The summed E-state index contributed by atoms with van der Waals surface area (Å²) in [7, 11) is 0. The Kier molecular flexibility index (Phi) is 10.2. The van der Waals surface area contributed by atoms with Crippen molar-refractivity contribution in [3.63, 3.8) is 0 Å². The molecule has 1 atom stereocenters. The number of hydrogen-bond acceptors (Lipinski definition) is 6. The minimum absolute atomic E-state index is 0.0789. The highest BCUT2D eigenvalue weighted by Crippen LogP contribution is 2.38.